The van der Waals surface area contributed by atoms with Crippen molar-refractivity contribution in [2.45, 2.75) is 44.4 Å². The molecule has 1 saturated carbocycles. The largest absolute Gasteiger partial charge is 0.508 e. The number of phenols is 1. The van der Waals surface area contributed by atoms with Gasteiger partial charge in [0.1, 0.15) is 5.75 Å². The van der Waals surface area contributed by atoms with Crippen LogP contribution in [0.5, 0.6) is 5.75 Å². The van der Waals surface area contributed by atoms with Crippen LogP contribution in [0.4, 0.5) is 0 Å². The summed E-state index contributed by atoms with van der Waals surface area (Å²) < 4.78 is 5.01. The van der Waals surface area contributed by atoms with Crippen LogP contribution in [0.2, 0.25) is 0 Å². The number of benzene rings is 1. The number of aryl methyl sites for hydroxylation is 1. The molecule has 20 heavy (non-hydrogen) atoms. The predicted octanol–water partition coefficient (Wildman–Crippen LogP) is 3.19. The number of fused-ring (bicyclic) bond motifs is 3. The molecule has 3 heteroatoms. The molecule has 0 amide bonds. The minimum absolute atomic E-state index is 0.00856. The van der Waals surface area contributed by atoms with Gasteiger partial charge >= 0.3 is 5.97 Å². The molecule has 3 atom stereocenters. The van der Waals surface area contributed by atoms with Crippen LogP contribution in [0.3, 0.4) is 0 Å². The van der Waals surface area contributed by atoms with Crippen LogP contribution < -0.4 is 0 Å². The highest BCUT2D eigenvalue weighted by Crippen LogP contribution is 2.52. The second-order valence-corrected chi connectivity index (χ2v) is 6.43. The molecule has 108 valence electrons. The first kappa shape index (κ1) is 13.5. The molecule has 1 unspecified atom stereocenters. The highest BCUT2D eigenvalue weighted by atomic mass is 16.5. The summed E-state index contributed by atoms with van der Waals surface area (Å²) in [5, 5.41) is 9.82. The van der Waals surface area contributed by atoms with Crippen molar-refractivity contribution in [1.82, 2.24) is 0 Å². The molecular weight excluding hydrogens is 252 g/mol. The first-order valence-corrected chi connectivity index (χ1v) is 7.46. The van der Waals surface area contributed by atoms with Gasteiger partial charge in [-0.2, -0.15) is 0 Å². The van der Waals surface area contributed by atoms with E-state index >= 15 is 0 Å². The van der Waals surface area contributed by atoms with Crippen molar-refractivity contribution in [2.24, 2.45) is 11.8 Å². The Morgan fingerprint density at radius 3 is 2.95 bits per heavy atom. The number of ether oxygens (including phenoxy) is 1. The van der Waals surface area contributed by atoms with E-state index in [4.69, 9.17) is 4.74 Å². The van der Waals surface area contributed by atoms with E-state index in [9.17, 15) is 9.90 Å². The highest BCUT2D eigenvalue weighted by Gasteiger charge is 2.48. The fourth-order valence-electron chi connectivity index (χ4n) is 4.43. The van der Waals surface area contributed by atoms with Gasteiger partial charge in [0, 0.05) is 0 Å². The molecule has 0 heterocycles. The van der Waals surface area contributed by atoms with Crippen LogP contribution in [0.15, 0.2) is 18.2 Å². The molecule has 3 nitrogen and oxygen atoms in total. The molecule has 3 rings (SSSR count). The molecule has 0 spiro atoms. The van der Waals surface area contributed by atoms with E-state index in [1.54, 1.807) is 6.07 Å². The number of phenolic OH excluding ortho intramolecular Hbond substituents is 1. The minimum Gasteiger partial charge on any atom is -0.508 e. The molecular formula is C17H22O3. The number of aromatic hydroxyl groups is 1. The van der Waals surface area contributed by atoms with Gasteiger partial charge in [0.2, 0.25) is 0 Å². The van der Waals surface area contributed by atoms with Gasteiger partial charge in [-0.3, -0.25) is 4.79 Å². The Morgan fingerprint density at radius 2 is 2.20 bits per heavy atom. The third-order valence-corrected chi connectivity index (χ3v) is 5.45. The molecule has 0 bridgehead atoms. The Hall–Kier alpha value is -1.51. The van der Waals surface area contributed by atoms with E-state index in [2.05, 4.69) is 6.92 Å². The lowest BCUT2D eigenvalue weighted by atomic mass is 9.55. The molecule has 1 aromatic rings. The Labute approximate surface area is 120 Å². The average molecular weight is 274 g/mol. The average Bonchev–Trinajstić information content (AvgIpc) is 2.45. The van der Waals surface area contributed by atoms with Crippen LogP contribution >= 0.6 is 0 Å². The van der Waals surface area contributed by atoms with Crippen molar-refractivity contribution in [3.63, 3.8) is 0 Å². The van der Waals surface area contributed by atoms with Gasteiger partial charge in [0.05, 0.1) is 13.0 Å². The number of methoxy groups -OCH3 is 1. The van der Waals surface area contributed by atoms with E-state index in [1.807, 2.05) is 12.1 Å². The van der Waals surface area contributed by atoms with Crippen LogP contribution in [0.25, 0.3) is 0 Å². The molecule has 1 aromatic carbocycles. The third kappa shape index (κ3) is 1.91. The van der Waals surface area contributed by atoms with Crippen molar-refractivity contribution in [2.75, 3.05) is 7.11 Å². The van der Waals surface area contributed by atoms with Crippen molar-refractivity contribution in [3.8, 4) is 5.75 Å². The Kier molecular flexibility index (Phi) is 3.23. The summed E-state index contributed by atoms with van der Waals surface area (Å²) in [4.78, 5) is 12.1. The lowest BCUT2D eigenvalue weighted by Gasteiger charge is -2.49. The predicted molar refractivity (Wildman–Crippen MR) is 76.6 cm³/mol. The SMILES string of the molecule is COC(=O)C1CCC[C@]2(C)c3cc(O)ccc3CC[C@@H]12. The molecule has 0 radical (unpaired) electrons. The fourth-order valence-corrected chi connectivity index (χ4v) is 4.43. The first-order chi connectivity index (χ1) is 9.56. The Balaban J connectivity index is 2.04. The smallest absolute Gasteiger partial charge is 0.308 e. The number of carbonyl (C=O) groups excluding carboxylic acids is 1. The maximum atomic E-state index is 12.1. The number of esters is 1. The number of carbonyl (C=O) groups is 1. The van der Waals surface area contributed by atoms with Gasteiger partial charge < -0.3 is 9.84 Å². The summed E-state index contributed by atoms with van der Waals surface area (Å²) in [6, 6.07) is 5.71. The van der Waals surface area contributed by atoms with Crippen molar-refractivity contribution in [1.29, 1.82) is 0 Å². The molecule has 0 aliphatic heterocycles. The van der Waals surface area contributed by atoms with Gasteiger partial charge in [-0.05, 0) is 60.3 Å². The maximum absolute atomic E-state index is 12.1. The maximum Gasteiger partial charge on any atom is 0.308 e. The quantitative estimate of drug-likeness (QED) is 0.800. The molecule has 1 N–H and O–H groups in total. The van der Waals surface area contributed by atoms with Crippen molar-refractivity contribution in [3.05, 3.63) is 29.3 Å². The third-order valence-electron chi connectivity index (χ3n) is 5.45. The molecule has 2 aliphatic rings. The zero-order chi connectivity index (χ0) is 14.3. The number of hydrogen-bond donors (Lipinski definition) is 1. The van der Waals surface area contributed by atoms with Crippen LogP contribution in [0, 0.1) is 11.8 Å². The zero-order valence-electron chi connectivity index (χ0n) is 12.2. The lowest BCUT2D eigenvalue weighted by molar-refractivity contribution is -0.150. The van der Waals surface area contributed by atoms with Gasteiger partial charge in [-0.1, -0.05) is 19.4 Å². The van der Waals surface area contributed by atoms with Crippen molar-refractivity contribution < 1.29 is 14.6 Å². The van der Waals surface area contributed by atoms with Gasteiger partial charge in [0.25, 0.3) is 0 Å². The molecule has 1 fully saturated rings. The number of hydrogen-bond acceptors (Lipinski definition) is 3. The van der Waals surface area contributed by atoms with Crippen molar-refractivity contribution >= 4 is 5.97 Å². The standard InChI is InChI=1S/C17H22O3/c1-17-9-3-4-13(16(19)20-2)14(17)8-6-11-5-7-12(18)10-15(11)17/h5,7,10,13-14,18H,3-4,6,8-9H2,1-2H3/t13?,14-,17-/m0/s1. The molecule has 2 aliphatic carbocycles. The van der Waals surface area contributed by atoms with Gasteiger partial charge in [0.15, 0.2) is 0 Å². The number of rotatable bonds is 1. The topological polar surface area (TPSA) is 46.5 Å². The van der Waals surface area contributed by atoms with E-state index in [0.29, 0.717) is 11.7 Å². The molecule has 0 aromatic heterocycles. The van der Waals surface area contributed by atoms with E-state index in [0.717, 1.165) is 32.1 Å². The van der Waals surface area contributed by atoms with Gasteiger partial charge in [-0.25, -0.2) is 0 Å². The summed E-state index contributed by atoms with van der Waals surface area (Å²) in [6.45, 7) is 2.25. The Morgan fingerprint density at radius 1 is 1.40 bits per heavy atom. The highest BCUT2D eigenvalue weighted by molar-refractivity contribution is 5.73. The van der Waals surface area contributed by atoms with Gasteiger partial charge in [-0.15, -0.1) is 0 Å². The Bertz CT molecular complexity index is 537. The monoisotopic (exact) mass is 274 g/mol. The van der Waals surface area contributed by atoms with E-state index in [1.165, 1.54) is 18.2 Å². The summed E-state index contributed by atoms with van der Waals surface area (Å²) in [5.74, 6) is 0.600. The summed E-state index contributed by atoms with van der Waals surface area (Å²) >= 11 is 0. The minimum atomic E-state index is -0.0653. The summed E-state index contributed by atoms with van der Waals surface area (Å²) in [6.07, 6.45) is 5.09. The first-order valence-electron chi connectivity index (χ1n) is 7.46. The second kappa shape index (κ2) is 4.80. The fraction of sp³-hybridized carbons (Fsp3) is 0.588. The molecule has 0 saturated heterocycles. The van der Waals surface area contributed by atoms with E-state index in [-0.39, 0.29) is 17.3 Å². The lowest BCUT2D eigenvalue weighted by Crippen LogP contribution is -2.46. The summed E-state index contributed by atoms with van der Waals surface area (Å²) in [5.41, 5.74) is 2.55. The van der Waals surface area contributed by atoms with Crippen LogP contribution in [-0.2, 0) is 21.4 Å². The zero-order valence-corrected chi connectivity index (χ0v) is 12.2. The second-order valence-electron chi connectivity index (χ2n) is 6.43. The van der Waals surface area contributed by atoms with E-state index < -0.39 is 0 Å². The summed E-state index contributed by atoms with van der Waals surface area (Å²) in [7, 11) is 1.48. The normalized spacial score (nSPS) is 32.1. The van der Waals surface area contributed by atoms with Crippen LogP contribution in [0.1, 0.15) is 43.7 Å². The van der Waals surface area contributed by atoms with Crippen LogP contribution in [-0.4, -0.2) is 18.2 Å².